The molecule has 0 aromatic heterocycles. The third-order valence-electron chi connectivity index (χ3n) is 2.26. The standard InChI is InChI=1S/C7H7BF3NO/c8-6(13,4-12)3-5(1-2-5)7(9,10)11/h13H,1-3H2. The molecule has 0 spiro atoms. The second-order valence-electron chi connectivity index (χ2n) is 3.49. The molecule has 0 amide bonds. The number of halogens is 3. The fourth-order valence-corrected chi connectivity index (χ4v) is 1.27. The zero-order valence-corrected chi connectivity index (χ0v) is 6.73. The molecule has 2 radical (unpaired) electrons. The average Bonchev–Trinajstić information content (AvgIpc) is 2.67. The van der Waals surface area contributed by atoms with Gasteiger partial charge in [-0.1, -0.05) is 0 Å². The maximum atomic E-state index is 12.3. The summed E-state index contributed by atoms with van der Waals surface area (Å²) in [7, 11) is 4.93. The Kier molecular flexibility index (Phi) is 2.11. The molecule has 13 heavy (non-hydrogen) atoms. The Hall–Kier alpha value is -0.695. The molecule has 0 saturated heterocycles. The van der Waals surface area contributed by atoms with Crippen LogP contribution < -0.4 is 0 Å². The van der Waals surface area contributed by atoms with Crippen LogP contribution in [0.5, 0.6) is 0 Å². The van der Waals surface area contributed by atoms with Gasteiger partial charge in [0.15, 0.2) is 0 Å². The highest BCUT2D eigenvalue weighted by Gasteiger charge is 2.64. The molecule has 70 valence electrons. The Balaban J connectivity index is 2.71. The number of hydrogen-bond acceptors (Lipinski definition) is 2. The van der Waals surface area contributed by atoms with E-state index < -0.39 is 23.5 Å². The number of rotatable bonds is 2. The van der Waals surface area contributed by atoms with Crippen LogP contribution >= 0.6 is 0 Å². The minimum Gasteiger partial charge on any atom is -0.385 e. The number of nitriles is 1. The summed E-state index contributed by atoms with van der Waals surface area (Å²) in [4.78, 5) is 0. The van der Waals surface area contributed by atoms with Crippen LogP contribution in [0, 0.1) is 16.7 Å². The molecule has 2 nitrogen and oxygen atoms in total. The maximum Gasteiger partial charge on any atom is 0.394 e. The van der Waals surface area contributed by atoms with Crippen LogP contribution in [0.25, 0.3) is 0 Å². The van der Waals surface area contributed by atoms with Crippen LogP contribution in [-0.4, -0.2) is 24.6 Å². The van der Waals surface area contributed by atoms with Crippen LogP contribution in [0.2, 0.25) is 0 Å². The van der Waals surface area contributed by atoms with Crippen molar-refractivity contribution in [3.8, 4) is 6.07 Å². The van der Waals surface area contributed by atoms with Crippen molar-refractivity contribution >= 4 is 7.85 Å². The van der Waals surface area contributed by atoms with E-state index in [9.17, 15) is 13.2 Å². The summed E-state index contributed by atoms with van der Waals surface area (Å²) < 4.78 is 36.9. The lowest BCUT2D eigenvalue weighted by atomic mass is 9.74. The van der Waals surface area contributed by atoms with Gasteiger partial charge in [0.05, 0.1) is 11.5 Å². The monoisotopic (exact) mass is 189 g/mol. The Morgan fingerprint density at radius 3 is 2.15 bits per heavy atom. The molecule has 1 N–H and O–H groups in total. The Morgan fingerprint density at radius 1 is 1.46 bits per heavy atom. The van der Waals surface area contributed by atoms with Crippen molar-refractivity contribution in [2.75, 3.05) is 0 Å². The van der Waals surface area contributed by atoms with Crippen LogP contribution in [0.3, 0.4) is 0 Å². The maximum absolute atomic E-state index is 12.3. The summed E-state index contributed by atoms with van der Waals surface area (Å²) in [5.41, 5.74) is -4.29. The van der Waals surface area contributed by atoms with E-state index in [0.717, 1.165) is 0 Å². The summed E-state index contributed by atoms with van der Waals surface area (Å²) in [5, 5.41) is 17.2. The zero-order chi connectivity index (χ0) is 10.3. The van der Waals surface area contributed by atoms with Crippen LogP contribution in [0.4, 0.5) is 13.2 Å². The fourth-order valence-electron chi connectivity index (χ4n) is 1.27. The lowest BCUT2D eigenvalue weighted by Gasteiger charge is -2.24. The van der Waals surface area contributed by atoms with Gasteiger partial charge in [-0.05, 0) is 19.3 Å². The third kappa shape index (κ3) is 1.97. The molecule has 1 fully saturated rings. The first kappa shape index (κ1) is 10.4. The van der Waals surface area contributed by atoms with Gasteiger partial charge in [-0.2, -0.15) is 18.4 Å². The molecular weight excluding hydrogens is 182 g/mol. The van der Waals surface area contributed by atoms with Gasteiger partial charge >= 0.3 is 6.18 Å². The molecule has 0 bridgehead atoms. The smallest absolute Gasteiger partial charge is 0.385 e. The van der Waals surface area contributed by atoms with Gasteiger partial charge in [-0.3, -0.25) is 0 Å². The molecule has 1 saturated carbocycles. The summed E-state index contributed by atoms with van der Waals surface area (Å²) >= 11 is 0. The van der Waals surface area contributed by atoms with Crippen LogP contribution in [-0.2, 0) is 0 Å². The topological polar surface area (TPSA) is 44.0 Å². The highest BCUT2D eigenvalue weighted by molar-refractivity contribution is 6.16. The molecule has 1 aliphatic carbocycles. The lowest BCUT2D eigenvalue weighted by molar-refractivity contribution is -0.194. The summed E-state index contributed by atoms with van der Waals surface area (Å²) in [5.74, 6) is 0. The number of alkyl halides is 3. The van der Waals surface area contributed by atoms with Crippen molar-refractivity contribution < 1.29 is 18.3 Å². The molecule has 0 aliphatic heterocycles. The molecule has 1 unspecified atom stereocenters. The minimum absolute atomic E-state index is 0.0578. The summed E-state index contributed by atoms with van der Waals surface area (Å²) in [6.07, 6.45) is -5.23. The quantitative estimate of drug-likeness (QED) is 0.522. The molecule has 1 aliphatic rings. The summed E-state index contributed by atoms with van der Waals surface area (Å²) in [6.45, 7) is 0. The Morgan fingerprint density at radius 2 is 1.92 bits per heavy atom. The van der Waals surface area contributed by atoms with E-state index in [-0.39, 0.29) is 12.8 Å². The van der Waals surface area contributed by atoms with Gasteiger partial charge in [-0.25, -0.2) is 0 Å². The van der Waals surface area contributed by atoms with Gasteiger partial charge < -0.3 is 5.11 Å². The Labute approximate surface area is 74.8 Å². The van der Waals surface area contributed by atoms with Gasteiger partial charge in [0.25, 0.3) is 0 Å². The van der Waals surface area contributed by atoms with Gasteiger partial charge in [0.1, 0.15) is 13.3 Å². The molecule has 0 aromatic rings. The molecule has 0 heterocycles. The van der Waals surface area contributed by atoms with Crippen LogP contribution in [0.15, 0.2) is 0 Å². The van der Waals surface area contributed by atoms with Crippen molar-refractivity contribution in [1.29, 1.82) is 5.26 Å². The van der Waals surface area contributed by atoms with Crippen molar-refractivity contribution in [3.63, 3.8) is 0 Å². The van der Waals surface area contributed by atoms with Crippen molar-refractivity contribution in [3.05, 3.63) is 0 Å². The van der Waals surface area contributed by atoms with E-state index >= 15 is 0 Å². The third-order valence-corrected chi connectivity index (χ3v) is 2.26. The van der Waals surface area contributed by atoms with E-state index in [1.54, 1.807) is 0 Å². The summed E-state index contributed by atoms with van der Waals surface area (Å²) in [6, 6.07) is 1.24. The van der Waals surface area contributed by atoms with Crippen LogP contribution in [0.1, 0.15) is 19.3 Å². The second kappa shape index (κ2) is 2.64. The van der Waals surface area contributed by atoms with E-state index in [0.29, 0.717) is 0 Å². The number of hydrogen-bond donors (Lipinski definition) is 1. The van der Waals surface area contributed by atoms with E-state index in [4.69, 9.17) is 18.2 Å². The minimum atomic E-state index is -4.38. The first-order valence-corrected chi connectivity index (χ1v) is 3.72. The van der Waals surface area contributed by atoms with E-state index in [2.05, 4.69) is 0 Å². The second-order valence-corrected chi connectivity index (χ2v) is 3.49. The molecule has 1 rings (SSSR count). The molecule has 0 aromatic carbocycles. The lowest BCUT2D eigenvalue weighted by Crippen LogP contribution is -2.37. The molecule has 6 heteroatoms. The van der Waals surface area contributed by atoms with Gasteiger partial charge in [0, 0.05) is 0 Å². The molecule has 1 atom stereocenters. The predicted octanol–water partition coefficient (Wildman–Crippen LogP) is 1.10. The highest BCUT2D eigenvalue weighted by Crippen LogP contribution is 2.61. The number of aliphatic hydroxyl groups is 1. The first-order valence-electron chi connectivity index (χ1n) is 3.72. The largest absolute Gasteiger partial charge is 0.394 e. The van der Waals surface area contributed by atoms with E-state index in [1.807, 2.05) is 0 Å². The highest BCUT2D eigenvalue weighted by atomic mass is 19.4. The van der Waals surface area contributed by atoms with Crippen molar-refractivity contribution in [1.82, 2.24) is 0 Å². The molecular formula is C7H7BF3NO. The Bertz CT molecular complexity index is 251. The van der Waals surface area contributed by atoms with E-state index in [1.165, 1.54) is 6.07 Å². The van der Waals surface area contributed by atoms with Gasteiger partial charge in [-0.15, -0.1) is 0 Å². The van der Waals surface area contributed by atoms with Crippen molar-refractivity contribution in [2.45, 2.75) is 30.9 Å². The fraction of sp³-hybridized carbons (Fsp3) is 0.857. The van der Waals surface area contributed by atoms with Crippen molar-refractivity contribution in [2.24, 2.45) is 5.41 Å². The first-order chi connectivity index (χ1) is 5.72. The number of nitrogens with zero attached hydrogens (tertiary/aromatic N) is 1. The SMILES string of the molecule is [B]C(O)(C#N)CC1(C(F)(F)F)CC1. The normalized spacial score (nSPS) is 24.5. The zero-order valence-electron chi connectivity index (χ0n) is 6.73. The predicted molar refractivity (Wildman–Crippen MR) is 38.7 cm³/mol. The van der Waals surface area contributed by atoms with Gasteiger partial charge in [0.2, 0.25) is 0 Å². The average molecular weight is 189 g/mol.